The number of para-hydroxylation sites is 1. The topological polar surface area (TPSA) is 59.1 Å². The molecule has 0 fully saturated rings. The molecule has 19 heavy (non-hydrogen) atoms. The second-order valence-electron chi connectivity index (χ2n) is 4.13. The minimum absolute atomic E-state index is 0.613. The Balaban J connectivity index is 2.12. The lowest BCUT2D eigenvalue weighted by Crippen LogP contribution is -2.06. The molecule has 0 atom stereocenters. The molecule has 0 unspecified atom stereocenters. The summed E-state index contributed by atoms with van der Waals surface area (Å²) in [5, 5.41) is 6.22. The minimum Gasteiger partial charge on any atom is -0.496 e. The van der Waals surface area contributed by atoms with Gasteiger partial charge < -0.3 is 15.4 Å². The van der Waals surface area contributed by atoms with Gasteiger partial charge in [-0.25, -0.2) is 4.98 Å². The standard InChI is InChI=1S/C14H18N4O/c1-10-8-13(18-14(15-2)17-10)16-9-11-6-4-5-7-12(11)19-3/h4-8H,9H2,1-3H3,(H2,15,16,17,18). The van der Waals surface area contributed by atoms with Crippen molar-refractivity contribution in [3.8, 4) is 5.75 Å². The predicted octanol–water partition coefficient (Wildman–Crippen LogP) is 2.45. The van der Waals surface area contributed by atoms with Crippen molar-refractivity contribution >= 4 is 11.8 Å². The lowest BCUT2D eigenvalue weighted by Gasteiger charge is -2.11. The lowest BCUT2D eigenvalue weighted by atomic mass is 10.2. The van der Waals surface area contributed by atoms with Crippen molar-refractivity contribution in [3.05, 3.63) is 41.6 Å². The fourth-order valence-corrected chi connectivity index (χ4v) is 1.81. The number of methoxy groups -OCH3 is 1. The van der Waals surface area contributed by atoms with Gasteiger partial charge in [0.05, 0.1) is 7.11 Å². The second kappa shape index (κ2) is 6.04. The third kappa shape index (κ3) is 3.34. The van der Waals surface area contributed by atoms with Gasteiger partial charge >= 0.3 is 0 Å². The highest BCUT2D eigenvalue weighted by molar-refractivity contribution is 5.44. The van der Waals surface area contributed by atoms with Crippen LogP contribution in [0.1, 0.15) is 11.3 Å². The summed E-state index contributed by atoms with van der Waals surface area (Å²) in [6, 6.07) is 9.83. The van der Waals surface area contributed by atoms with E-state index in [0.717, 1.165) is 22.8 Å². The van der Waals surface area contributed by atoms with Crippen LogP contribution in [0.3, 0.4) is 0 Å². The summed E-state index contributed by atoms with van der Waals surface area (Å²) >= 11 is 0. The molecule has 2 aromatic rings. The molecular formula is C14H18N4O. The molecule has 0 bridgehead atoms. The fourth-order valence-electron chi connectivity index (χ4n) is 1.81. The predicted molar refractivity (Wildman–Crippen MR) is 76.6 cm³/mol. The van der Waals surface area contributed by atoms with Crippen LogP contribution in [-0.4, -0.2) is 24.1 Å². The van der Waals surface area contributed by atoms with Crippen LogP contribution in [0.5, 0.6) is 5.75 Å². The molecule has 5 nitrogen and oxygen atoms in total. The molecule has 2 N–H and O–H groups in total. The van der Waals surface area contributed by atoms with Gasteiger partial charge in [-0.15, -0.1) is 0 Å². The van der Waals surface area contributed by atoms with Crippen LogP contribution in [0.15, 0.2) is 30.3 Å². The monoisotopic (exact) mass is 258 g/mol. The van der Waals surface area contributed by atoms with Crippen molar-refractivity contribution in [1.82, 2.24) is 9.97 Å². The van der Waals surface area contributed by atoms with Crippen LogP contribution in [0.4, 0.5) is 11.8 Å². The zero-order valence-electron chi connectivity index (χ0n) is 11.4. The number of nitrogens with one attached hydrogen (secondary N) is 2. The van der Waals surface area contributed by atoms with Crippen LogP contribution < -0.4 is 15.4 Å². The SMILES string of the molecule is CNc1nc(C)cc(NCc2ccccc2OC)n1. The maximum Gasteiger partial charge on any atom is 0.224 e. The molecular weight excluding hydrogens is 240 g/mol. The van der Waals surface area contributed by atoms with Gasteiger partial charge in [0.1, 0.15) is 11.6 Å². The van der Waals surface area contributed by atoms with Crippen molar-refractivity contribution in [2.45, 2.75) is 13.5 Å². The fraction of sp³-hybridized carbons (Fsp3) is 0.286. The Hall–Kier alpha value is -2.30. The molecule has 0 aliphatic carbocycles. The summed E-state index contributed by atoms with van der Waals surface area (Å²) in [7, 11) is 3.48. The summed E-state index contributed by atoms with van der Waals surface area (Å²) in [4.78, 5) is 8.60. The van der Waals surface area contributed by atoms with E-state index in [2.05, 4.69) is 20.6 Å². The Morgan fingerprint density at radius 2 is 2.00 bits per heavy atom. The van der Waals surface area contributed by atoms with Gasteiger partial charge in [0.15, 0.2) is 0 Å². The maximum absolute atomic E-state index is 5.32. The largest absolute Gasteiger partial charge is 0.496 e. The van der Waals surface area contributed by atoms with Gasteiger partial charge in [0.2, 0.25) is 5.95 Å². The van der Waals surface area contributed by atoms with E-state index in [-0.39, 0.29) is 0 Å². The summed E-state index contributed by atoms with van der Waals surface area (Å²) in [5.41, 5.74) is 2.01. The molecule has 100 valence electrons. The van der Waals surface area contributed by atoms with E-state index >= 15 is 0 Å². The Labute approximate surface area is 113 Å². The van der Waals surface area contributed by atoms with Crippen LogP contribution in [-0.2, 0) is 6.54 Å². The van der Waals surface area contributed by atoms with Gasteiger partial charge in [-0.1, -0.05) is 18.2 Å². The molecule has 1 aromatic carbocycles. The number of nitrogens with zero attached hydrogens (tertiary/aromatic N) is 2. The molecule has 0 spiro atoms. The normalized spacial score (nSPS) is 10.1. The van der Waals surface area contributed by atoms with Gasteiger partial charge in [0, 0.05) is 30.9 Å². The average molecular weight is 258 g/mol. The highest BCUT2D eigenvalue weighted by Crippen LogP contribution is 2.18. The Kier molecular flexibility index (Phi) is 4.18. The molecule has 1 aromatic heterocycles. The highest BCUT2D eigenvalue weighted by atomic mass is 16.5. The van der Waals surface area contributed by atoms with Crippen molar-refractivity contribution in [2.75, 3.05) is 24.8 Å². The van der Waals surface area contributed by atoms with Crippen LogP contribution >= 0.6 is 0 Å². The third-order valence-electron chi connectivity index (χ3n) is 2.73. The molecule has 0 radical (unpaired) electrons. The molecule has 0 amide bonds. The Morgan fingerprint density at radius 3 is 2.74 bits per heavy atom. The number of aromatic nitrogens is 2. The van der Waals surface area contributed by atoms with E-state index in [1.54, 1.807) is 14.2 Å². The first kappa shape index (κ1) is 13.1. The third-order valence-corrected chi connectivity index (χ3v) is 2.73. The zero-order valence-corrected chi connectivity index (χ0v) is 11.4. The molecule has 2 rings (SSSR count). The van der Waals surface area contributed by atoms with E-state index in [1.165, 1.54) is 0 Å². The van der Waals surface area contributed by atoms with Crippen molar-refractivity contribution in [3.63, 3.8) is 0 Å². The number of hydrogen-bond donors (Lipinski definition) is 2. The summed E-state index contributed by atoms with van der Waals surface area (Å²) in [5.74, 6) is 2.28. The second-order valence-corrected chi connectivity index (χ2v) is 4.13. The van der Waals surface area contributed by atoms with E-state index < -0.39 is 0 Å². The first-order chi connectivity index (χ1) is 9.22. The summed E-state index contributed by atoms with van der Waals surface area (Å²) in [6.07, 6.45) is 0. The number of ether oxygens (including phenoxy) is 1. The Morgan fingerprint density at radius 1 is 1.21 bits per heavy atom. The quantitative estimate of drug-likeness (QED) is 0.862. The van der Waals surface area contributed by atoms with Gasteiger partial charge in [0.25, 0.3) is 0 Å². The number of benzene rings is 1. The van der Waals surface area contributed by atoms with Gasteiger partial charge in [-0.3, -0.25) is 0 Å². The summed E-state index contributed by atoms with van der Waals surface area (Å²) < 4.78 is 5.32. The van der Waals surface area contributed by atoms with Crippen LogP contribution in [0.2, 0.25) is 0 Å². The first-order valence-electron chi connectivity index (χ1n) is 6.12. The first-order valence-corrected chi connectivity index (χ1v) is 6.12. The maximum atomic E-state index is 5.32. The smallest absolute Gasteiger partial charge is 0.224 e. The van der Waals surface area contributed by atoms with Gasteiger partial charge in [-0.05, 0) is 13.0 Å². The number of anilines is 2. The van der Waals surface area contributed by atoms with E-state index in [1.807, 2.05) is 37.3 Å². The lowest BCUT2D eigenvalue weighted by molar-refractivity contribution is 0.410. The van der Waals surface area contributed by atoms with Crippen molar-refractivity contribution in [2.24, 2.45) is 0 Å². The Bertz CT molecular complexity index is 557. The molecule has 0 saturated carbocycles. The molecule has 1 heterocycles. The summed E-state index contributed by atoms with van der Waals surface area (Å²) in [6.45, 7) is 2.60. The van der Waals surface area contributed by atoms with Crippen molar-refractivity contribution in [1.29, 1.82) is 0 Å². The zero-order chi connectivity index (χ0) is 13.7. The number of rotatable bonds is 5. The van der Waals surface area contributed by atoms with E-state index in [9.17, 15) is 0 Å². The number of hydrogen-bond acceptors (Lipinski definition) is 5. The van der Waals surface area contributed by atoms with Crippen molar-refractivity contribution < 1.29 is 4.74 Å². The highest BCUT2D eigenvalue weighted by Gasteiger charge is 2.03. The minimum atomic E-state index is 0.613. The molecule has 0 aliphatic heterocycles. The average Bonchev–Trinajstić information content (AvgIpc) is 2.44. The van der Waals surface area contributed by atoms with Crippen LogP contribution in [0, 0.1) is 6.92 Å². The van der Waals surface area contributed by atoms with E-state index in [4.69, 9.17) is 4.74 Å². The van der Waals surface area contributed by atoms with Crippen LogP contribution in [0.25, 0.3) is 0 Å². The molecule has 0 saturated heterocycles. The van der Waals surface area contributed by atoms with Gasteiger partial charge in [-0.2, -0.15) is 4.98 Å². The molecule has 0 aliphatic rings. The molecule has 5 heteroatoms. The van der Waals surface area contributed by atoms with E-state index in [0.29, 0.717) is 12.5 Å². The number of aryl methyl sites for hydroxylation is 1.